The van der Waals surface area contributed by atoms with Crippen molar-refractivity contribution in [2.24, 2.45) is 5.92 Å². The summed E-state index contributed by atoms with van der Waals surface area (Å²) in [6, 6.07) is 2.17. The van der Waals surface area contributed by atoms with E-state index in [1.165, 1.54) is 0 Å². The fourth-order valence-electron chi connectivity index (χ4n) is 1.27. The van der Waals surface area contributed by atoms with Crippen LogP contribution >= 0.6 is 15.9 Å². The molecule has 0 amide bonds. The Kier molecular flexibility index (Phi) is 3.09. The Labute approximate surface area is 99.7 Å². The van der Waals surface area contributed by atoms with Crippen LogP contribution in [0.5, 0.6) is 5.75 Å². The van der Waals surface area contributed by atoms with Gasteiger partial charge in [-0.3, -0.25) is 10.1 Å². The minimum atomic E-state index is -0.577. The Hall–Kier alpha value is -1.17. The predicted octanol–water partition coefficient (Wildman–Crippen LogP) is 3.29. The molecular weight excluding hydrogens is 281 g/mol. The second-order valence-corrected chi connectivity index (χ2v) is 4.60. The average molecular weight is 290 g/mol. The lowest BCUT2D eigenvalue weighted by atomic mass is 10.3. The van der Waals surface area contributed by atoms with Crippen molar-refractivity contribution in [3.63, 3.8) is 0 Å². The number of nitro benzene ring substituents is 1. The Morgan fingerprint density at radius 3 is 2.81 bits per heavy atom. The molecule has 0 heterocycles. The number of nitro groups is 1. The van der Waals surface area contributed by atoms with Crippen LogP contribution in [0.4, 0.5) is 10.1 Å². The molecule has 1 aromatic rings. The molecule has 0 bridgehead atoms. The number of halogens is 2. The molecule has 0 saturated heterocycles. The van der Waals surface area contributed by atoms with Crippen molar-refractivity contribution >= 4 is 21.6 Å². The van der Waals surface area contributed by atoms with Gasteiger partial charge >= 0.3 is 5.69 Å². The molecule has 6 heteroatoms. The lowest BCUT2D eigenvalue weighted by Gasteiger charge is -2.06. The Morgan fingerprint density at radius 2 is 2.25 bits per heavy atom. The normalized spacial score (nSPS) is 14.9. The minimum Gasteiger partial charge on any atom is -0.486 e. The van der Waals surface area contributed by atoms with Crippen molar-refractivity contribution in [1.29, 1.82) is 0 Å². The largest absolute Gasteiger partial charge is 0.486 e. The van der Waals surface area contributed by atoms with E-state index in [1.54, 1.807) is 0 Å². The second kappa shape index (κ2) is 4.37. The highest BCUT2D eigenvalue weighted by molar-refractivity contribution is 9.10. The summed E-state index contributed by atoms with van der Waals surface area (Å²) < 4.78 is 18.5. The monoisotopic (exact) mass is 289 g/mol. The number of hydrogen-bond donors (Lipinski definition) is 0. The Balaban J connectivity index is 2.24. The molecule has 0 radical (unpaired) electrons. The third-order valence-corrected chi connectivity index (χ3v) is 2.98. The van der Waals surface area contributed by atoms with Crippen LogP contribution in [0.15, 0.2) is 16.6 Å². The van der Waals surface area contributed by atoms with Crippen molar-refractivity contribution in [2.75, 3.05) is 6.61 Å². The number of hydrogen-bond acceptors (Lipinski definition) is 3. The van der Waals surface area contributed by atoms with Gasteiger partial charge in [-0.05, 0) is 34.7 Å². The summed E-state index contributed by atoms with van der Waals surface area (Å²) in [5.41, 5.74) is -0.214. The van der Waals surface area contributed by atoms with E-state index in [0.717, 1.165) is 25.0 Å². The van der Waals surface area contributed by atoms with Gasteiger partial charge in [-0.2, -0.15) is 0 Å². The summed E-state index contributed by atoms with van der Waals surface area (Å²) >= 11 is 2.91. The maximum atomic E-state index is 13.2. The first-order valence-corrected chi connectivity index (χ1v) is 5.63. The average Bonchev–Trinajstić information content (AvgIpc) is 3.02. The van der Waals surface area contributed by atoms with Crippen molar-refractivity contribution in [3.05, 3.63) is 32.5 Å². The molecule has 2 rings (SSSR count). The van der Waals surface area contributed by atoms with E-state index in [0.29, 0.717) is 12.5 Å². The first kappa shape index (κ1) is 11.3. The molecule has 4 nitrogen and oxygen atoms in total. The number of nitrogens with zero attached hydrogens (tertiary/aromatic N) is 1. The Bertz CT molecular complexity index is 434. The van der Waals surface area contributed by atoms with E-state index in [-0.39, 0.29) is 15.9 Å². The summed E-state index contributed by atoms with van der Waals surface area (Å²) in [4.78, 5) is 10.2. The summed E-state index contributed by atoms with van der Waals surface area (Å²) in [6.07, 6.45) is 2.15. The van der Waals surface area contributed by atoms with Crippen LogP contribution in [-0.2, 0) is 0 Å². The van der Waals surface area contributed by atoms with Crippen molar-refractivity contribution < 1.29 is 14.1 Å². The topological polar surface area (TPSA) is 52.4 Å². The standard InChI is InChI=1S/C10H9BrFNO3/c11-7-3-9(13(14)15)10(4-8(7)12)16-5-6-1-2-6/h3-4,6H,1-2,5H2. The third-order valence-electron chi connectivity index (χ3n) is 2.37. The van der Waals surface area contributed by atoms with Gasteiger partial charge in [-0.15, -0.1) is 0 Å². The maximum Gasteiger partial charge on any atom is 0.312 e. The lowest BCUT2D eigenvalue weighted by Crippen LogP contribution is -2.02. The van der Waals surface area contributed by atoms with E-state index in [2.05, 4.69) is 15.9 Å². The van der Waals surface area contributed by atoms with Gasteiger partial charge in [0.2, 0.25) is 0 Å². The van der Waals surface area contributed by atoms with Gasteiger partial charge in [0, 0.05) is 12.1 Å². The smallest absolute Gasteiger partial charge is 0.312 e. The van der Waals surface area contributed by atoms with E-state index in [4.69, 9.17) is 4.74 Å². The van der Waals surface area contributed by atoms with Crippen LogP contribution in [0.2, 0.25) is 0 Å². The molecule has 1 aromatic carbocycles. The molecule has 0 spiro atoms. The van der Waals surface area contributed by atoms with Crippen LogP contribution in [0.25, 0.3) is 0 Å². The molecule has 0 aromatic heterocycles. The predicted molar refractivity (Wildman–Crippen MR) is 59.0 cm³/mol. The highest BCUT2D eigenvalue weighted by atomic mass is 79.9. The van der Waals surface area contributed by atoms with Crippen molar-refractivity contribution in [2.45, 2.75) is 12.8 Å². The summed E-state index contributed by atoms with van der Waals surface area (Å²) in [7, 11) is 0. The van der Waals surface area contributed by atoms with Crippen LogP contribution in [0.1, 0.15) is 12.8 Å². The number of ether oxygens (including phenoxy) is 1. The third kappa shape index (κ3) is 2.49. The zero-order chi connectivity index (χ0) is 11.7. The zero-order valence-corrected chi connectivity index (χ0v) is 9.87. The Morgan fingerprint density at radius 1 is 1.56 bits per heavy atom. The molecule has 0 atom stereocenters. The highest BCUT2D eigenvalue weighted by Crippen LogP contribution is 2.35. The van der Waals surface area contributed by atoms with Crippen LogP contribution in [-0.4, -0.2) is 11.5 Å². The molecule has 1 saturated carbocycles. The molecule has 1 fully saturated rings. The minimum absolute atomic E-state index is 0.00222. The fourth-order valence-corrected chi connectivity index (χ4v) is 1.60. The van der Waals surface area contributed by atoms with Crippen molar-refractivity contribution in [3.8, 4) is 5.75 Å². The first-order valence-electron chi connectivity index (χ1n) is 4.84. The van der Waals surface area contributed by atoms with Gasteiger partial charge in [-0.25, -0.2) is 4.39 Å². The lowest BCUT2D eigenvalue weighted by molar-refractivity contribution is -0.386. The van der Waals surface area contributed by atoms with E-state index >= 15 is 0 Å². The van der Waals surface area contributed by atoms with Gasteiger partial charge in [-0.1, -0.05) is 0 Å². The molecule has 0 aliphatic heterocycles. The van der Waals surface area contributed by atoms with E-state index in [9.17, 15) is 14.5 Å². The molecule has 0 unspecified atom stereocenters. The maximum absolute atomic E-state index is 13.2. The van der Waals surface area contributed by atoms with Gasteiger partial charge in [0.15, 0.2) is 5.75 Å². The molecule has 1 aliphatic carbocycles. The van der Waals surface area contributed by atoms with Crippen LogP contribution in [0.3, 0.4) is 0 Å². The van der Waals surface area contributed by atoms with E-state index in [1.807, 2.05) is 0 Å². The molecular formula is C10H9BrFNO3. The molecule has 86 valence electrons. The second-order valence-electron chi connectivity index (χ2n) is 3.75. The summed E-state index contributed by atoms with van der Waals surface area (Å²) in [6.45, 7) is 0.419. The van der Waals surface area contributed by atoms with Gasteiger partial charge in [0.25, 0.3) is 0 Å². The van der Waals surface area contributed by atoms with Crippen LogP contribution in [0, 0.1) is 21.8 Å². The van der Waals surface area contributed by atoms with Gasteiger partial charge in [0.1, 0.15) is 5.82 Å². The first-order chi connectivity index (χ1) is 7.58. The fraction of sp³-hybridized carbons (Fsp3) is 0.400. The van der Waals surface area contributed by atoms with Crippen molar-refractivity contribution in [1.82, 2.24) is 0 Å². The zero-order valence-electron chi connectivity index (χ0n) is 8.28. The SMILES string of the molecule is O=[N+]([O-])c1cc(Br)c(F)cc1OCC1CC1. The summed E-state index contributed by atoms with van der Waals surface area (Å²) in [5, 5.41) is 10.7. The molecule has 16 heavy (non-hydrogen) atoms. The number of rotatable bonds is 4. The summed E-state index contributed by atoms with van der Waals surface area (Å²) in [5.74, 6) is -0.0969. The number of benzene rings is 1. The van der Waals surface area contributed by atoms with Gasteiger partial charge in [0.05, 0.1) is 16.0 Å². The molecule has 1 aliphatic rings. The molecule has 0 N–H and O–H groups in total. The van der Waals surface area contributed by atoms with E-state index < -0.39 is 10.7 Å². The highest BCUT2D eigenvalue weighted by Gasteiger charge is 2.25. The quantitative estimate of drug-likeness (QED) is 0.631. The van der Waals surface area contributed by atoms with Gasteiger partial charge < -0.3 is 4.74 Å². The van der Waals surface area contributed by atoms with Crippen LogP contribution < -0.4 is 4.74 Å².